The first-order chi connectivity index (χ1) is 5.77. The SMILES string of the molecule is CCCc1ccc(Cl)c(C=O)c1. The maximum absolute atomic E-state index is 10.5. The van der Waals surface area contributed by atoms with Crippen molar-refractivity contribution in [3.8, 4) is 0 Å². The monoisotopic (exact) mass is 182 g/mol. The molecule has 0 fully saturated rings. The summed E-state index contributed by atoms with van der Waals surface area (Å²) in [4.78, 5) is 10.5. The van der Waals surface area contributed by atoms with E-state index in [4.69, 9.17) is 11.6 Å². The lowest BCUT2D eigenvalue weighted by Crippen LogP contribution is -1.87. The Morgan fingerprint density at radius 1 is 1.50 bits per heavy atom. The zero-order valence-electron chi connectivity index (χ0n) is 7.01. The predicted molar refractivity (Wildman–Crippen MR) is 50.8 cm³/mol. The second kappa shape index (κ2) is 4.27. The highest BCUT2D eigenvalue weighted by atomic mass is 35.5. The number of hydrogen-bond donors (Lipinski definition) is 0. The van der Waals surface area contributed by atoms with E-state index >= 15 is 0 Å². The van der Waals surface area contributed by atoms with Gasteiger partial charge in [-0.05, 0) is 24.1 Å². The van der Waals surface area contributed by atoms with Gasteiger partial charge in [0.1, 0.15) is 0 Å². The van der Waals surface area contributed by atoms with Crippen LogP contribution in [0.15, 0.2) is 18.2 Å². The average Bonchev–Trinajstić information content (AvgIpc) is 2.09. The smallest absolute Gasteiger partial charge is 0.151 e. The Morgan fingerprint density at radius 3 is 2.83 bits per heavy atom. The molecule has 0 spiro atoms. The van der Waals surface area contributed by atoms with Crippen LogP contribution in [0.25, 0.3) is 0 Å². The molecule has 1 nitrogen and oxygen atoms in total. The van der Waals surface area contributed by atoms with Gasteiger partial charge >= 0.3 is 0 Å². The van der Waals surface area contributed by atoms with Crippen LogP contribution in [-0.2, 0) is 6.42 Å². The van der Waals surface area contributed by atoms with Gasteiger partial charge in [-0.1, -0.05) is 31.0 Å². The topological polar surface area (TPSA) is 17.1 Å². The van der Waals surface area contributed by atoms with Crippen LogP contribution in [-0.4, -0.2) is 6.29 Å². The lowest BCUT2D eigenvalue weighted by molar-refractivity contribution is 0.112. The van der Waals surface area contributed by atoms with Gasteiger partial charge in [-0.25, -0.2) is 0 Å². The maximum atomic E-state index is 10.5. The lowest BCUT2D eigenvalue weighted by atomic mass is 10.1. The molecule has 0 saturated carbocycles. The van der Waals surface area contributed by atoms with E-state index in [-0.39, 0.29) is 0 Å². The first-order valence-corrected chi connectivity index (χ1v) is 4.39. The van der Waals surface area contributed by atoms with Gasteiger partial charge in [-0.2, -0.15) is 0 Å². The highest BCUT2D eigenvalue weighted by Crippen LogP contribution is 2.16. The van der Waals surface area contributed by atoms with Crippen LogP contribution in [0.3, 0.4) is 0 Å². The molecular weight excluding hydrogens is 172 g/mol. The molecule has 12 heavy (non-hydrogen) atoms. The highest BCUT2D eigenvalue weighted by Gasteiger charge is 1.99. The summed E-state index contributed by atoms with van der Waals surface area (Å²) in [7, 11) is 0. The molecule has 0 aromatic heterocycles. The summed E-state index contributed by atoms with van der Waals surface area (Å²) >= 11 is 5.77. The van der Waals surface area contributed by atoms with Crippen LogP contribution in [0.5, 0.6) is 0 Å². The number of aryl methyl sites for hydroxylation is 1. The van der Waals surface area contributed by atoms with Gasteiger partial charge in [0.25, 0.3) is 0 Å². The molecule has 2 heteroatoms. The Bertz CT molecular complexity index is 281. The third kappa shape index (κ3) is 2.08. The lowest BCUT2D eigenvalue weighted by Gasteiger charge is -2.00. The summed E-state index contributed by atoms with van der Waals surface area (Å²) in [5.74, 6) is 0. The predicted octanol–water partition coefficient (Wildman–Crippen LogP) is 3.11. The summed E-state index contributed by atoms with van der Waals surface area (Å²) in [6.07, 6.45) is 2.87. The van der Waals surface area contributed by atoms with Gasteiger partial charge in [-0.3, -0.25) is 4.79 Å². The van der Waals surface area contributed by atoms with Crippen molar-refractivity contribution in [2.45, 2.75) is 19.8 Å². The largest absolute Gasteiger partial charge is 0.298 e. The molecule has 0 radical (unpaired) electrons. The minimum atomic E-state index is 0.532. The van der Waals surface area contributed by atoms with E-state index in [1.165, 1.54) is 5.56 Å². The van der Waals surface area contributed by atoms with E-state index in [1.54, 1.807) is 6.07 Å². The summed E-state index contributed by atoms with van der Waals surface area (Å²) in [5.41, 5.74) is 1.76. The number of halogens is 1. The Balaban J connectivity index is 2.96. The van der Waals surface area contributed by atoms with Crippen molar-refractivity contribution in [1.82, 2.24) is 0 Å². The van der Waals surface area contributed by atoms with Gasteiger partial charge in [0, 0.05) is 5.56 Å². The van der Waals surface area contributed by atoms with Crippen LogP contribution in [0.2, 0.25) is 5.02 Å². The molecule has 0 atom stereocenters. The van der Waals surface area contributed by atoms with Gasteiger partial charge in [0.2, 0.25) is 0 Å². The van der Waals surface area contributed by atoms with E-state index < -0.39 is 0 Å². The zero-order valence-corrected chi connectivity index (χ0v) is 7.77. The minimum absolute atomic E-state index is 0.532. The normalized spacial score (nSPS) is 9.83. The van der Waals surface area contributed by atoms with Crippen LogP contribution >= 0.6 is 11.6 Å². The summed E-state index contributed by atoms with van der Waals surface area (Å²) in [5, 5.41) is 0.532. The molecule has 0 aliphatic rings. The van der Waals surface area contributed by atoms with Crippen LogP contribution in [0.4, 0.5) is 0 Å². The number of carbonyl (C=O) groups is 1. The number of rotatable bonds is 3. The van der Waals surface area contributed by atoms with Crippen molar-refractivity contribution >= 4 is 17.9 Å². The molecule has 0 N–H and O–H groups in total. The molecule has 1 aromatic rings. The second-order valence-electron chi connectivity index (χ2n) is 2.72. The molecule has 0 aliphatic heterocycles. The van der Waals surface area contributed by atoms with E-state index in [2.05, 4.69) is 6.92 Å². The minimum Gasteiger partial charge on any atom is -0.298 e. The van der Waals surface area contributed by atoms with E-state index in [9.17, 15) is 4.79 Å². The summed E-state index contributed by atoms with van der Waals surface area (Å²) in [6.45, 7) is 2.11. The molecule has 0 saturated heterocycles. The summed E-state index contributed by atoms with van der Waals surface area (Å²) < 4.78 is 0. The fourth-order valence-corrected chi connectivity index (χ4v) is 1.29. The Morgan fingerprint density at radius 2 is 2.25 bits per heavy atom. The molecule has 0 heterocycles. The van der Waals surface area contributed by atoms with Crippen molar-refractivity contribution in [3.05, 3.63) is 34.3 Å². The third-order valence-electron chi connectivity index (χ3n) is 1.73. The Hall–Kier alpha value is -0.820. The van der Waals surface area contributed by atoms with E-state index in [0.717, 1.165) is 19.1 Å². The Kier molecular flexibility index (Phi) is 3.30. The highest BCUT2D eigenvalue weighted by molar-refractivity contribution is 6.32. The third-order valence-corrected chi connectivity index (χ3v) is 2.07. The number of benzene rings is 1. The molecule has 0 amide bonds. The maximum Gasteiger partial charge on any atom is 0.151 e. The quantitative estimate of drug-likeness (QED) is 0.657. The number of hydrogen-bond acceptors (Lipinski definition) is 1. The van der Waals surface area contributed by atoms with Crippen molar-refractivity contribution in [2.75, 3.05) is 0 Å². The van der Waals surface area contributed by atoms with Crippen molar-refractivity contribution in [1.29, 1.82) is 0 Å². The van der Waals surface area contributed by atoms with Gasteiger partial charge in [0.05, 0.1) is 5.02 Å². The van der Waals surface area contributed by atoms with Crippen LogP contribution in [0.1, 0.15) is 29.3 Å². The fraction of sp³-hybridized carbons (Fsp3) is 0.300. The van der Waals surface area contributed by atoms with E-state index in [1.807, 2.05) is 12.1 Å². The van der Waals surface area contributed by atoms with Crippen molar-refractivity contribution in [3.63, 3.8) is 0 Å². The molecule has 64 valence electrons. The molecule has 0 unspecified atom stereocenters. The molecule has 1 rings (SSSR count). The first kappa shape index (κ1) is 9.27. The first-order valence-electron chi connectivity index (χ1n) is 4.01. The van der Waals surface area contributed by atoms with Gasteiger partial charge in [0.15, 0.2) is 6.29 Å². The zero-order chi connectivity index (χ0) is 8.97. The molecule has 0 bridgehead atoms. The molecule has 0 aliphatic carbocycles. The van der Waals surface area contributed by atoms with E-state index in [0.29, 0.717) is 10.6 Å². The Labute approximate surface area is 77.4 Å². The molecule has 1 aromatic carbocycles. The number of aldehydes is 1. The van der Waals surface area contributed by atoms with Crippen LogP contribution < -0.4 is 0 Å². The van der Waals surface area contributed by atoms with Crippen molar-refractivity contribution in [2.24, 2.45) is 0 Å². The van der Waals surface area contributed by atoms with Crippen molar-refractivity contribution < 1.29 is 4.79 Å². The second-order valence-corrected chi connectivity index (χ2v) is 3.13. The van der Waals surface area contributed by atoms with Gasteiger partial charge < -0.3 is 0 Å². The van der Waals surface area contributed by atoms with Gasteiger partial charge in [-0.15, -0.1) is 0 Å². The summed E-state index contributed by atoms with van der Waals surface area (Å²) in [6, 6.07) is 5.58. The fourth-order valence-electron chi connectivity index (χ4n) is 1.13. The average molecular weight is 183 g/mol. The standard InChI is InChI=1S/C10H11ClO/c1-2-3-8-4-5-10(11)9(6-8)7-12/h4-7H,2-3H2,1H3. The van der Waals surface area contributed by atoms with Crippen LogP contribution in [0, 0.1) is 0 Å². The molecular formula is C10H11ClO. The number of carbonyl (C=O) groups excluding carboxylic acids is 1.